The summed E-state index contributed by atoms with van der Waals surface area (Å²) in [4.78, 5) is 4.31. The molecule has 2 aromatic heterocycles. The van der Waals surface area contributed by atoms with Gasteiger partial charge >= 0.3 is 0 Å². The van der Waals surface area contributed by atoms with Crippen molar-refractivity contribution in [1.29, 1.82) is 5.26 Å². The Morgan fingerprint density at radius 1 is 1.22 bits per heavy atom. The number of aromatic nitrogens is 5. The second kappa shape index (κ2) is 8.77. The largest absolute Gasteiger partial charge is 0.486 e. The zero-order valence-corrected chi connectivity index (χ0v) is 17.6. The number of alkyl halides is 2. The third kappa shape index (κ3) is 4.76. The van der Waals surface area contributed by atoms with Crippen LogP contribution in [0, 0.1) is 11.3 Å². The lowest BCUT2D eigenvalue weighted by molar-refractivity contribution is 0.0172. The van der Waals surface area contributed by atoms with Crippen LogP contribution in [0.1, 0.15) is 29.6 Å². The summed E-state index contributed by atoms with van der Waals surface area (Å²) in [7, 11) is 0. The van der Waals surface area contributed by atoms with Crippen LogP contribution >= 0.6 is 11.6 Å². The summed E-state index contributed by atoms with van der Waals surface area (Å²) in [6.07, 6.45) is 3.45. The molecule has 0 aliphatic heterocycles. The Morgan fingerprint density at radius 2 is 2.00 bits per heavy atom. The summed E-state index contributed by atoms with van der Waals surface area (Å²) >= 11 is 5.94. The van der Waals surface area contributed by atoms with Gasteiger partial charge in [0.05, 0.1) is 0 Å². The van der Waals surface area contributed by atoms with Gasteiger partial charge < -0.3 is 9.30 Å². The summed E-state index contributed by atoms with van der Waals surface area (Å²) in [6, 6.07) is 13.4. The highest BCUT2D eigenvalue weighted by molar-refractivity contribution is 6.30. The molecular weight excluding hydrogens is 438 g/mol. The third-order valence-electron chi connectivity index (χ3n) is 4.78. The monoisotopic (exact) mass is 454 g/mol. The van der Waals surface area contributed by atoms with E-state index in [1.165, 1.54) is 12.1 Å². The highest BCUT2D eigenvalue weighted by Gasteiger charge is 2.26. The predicted molar refractivity (Wildman–Crippen MR) is 113 cm³/mol. The minimum Gasteiger partial charge on any atom is -0.486 e. The van der Waals surface area contributed by atoms with Crippen LogP contribution in [-0.4, -0.2) is 25.0 Å². The Labute approximate surface area is 187 Å². The number of imidazole rings is 1. The van der Waals surface area contributed by atoms with Crippen molar-refractivity contribution in [2.24, 2.45) is 0 Å². The fourth-order valence-electron chi connectivity index (χ4n) is 3.14. The molecule has 1 N–H and O–H groups in total. The SMILES string of the molecule is CC(F)(F)c1cc(OCc2nccn2Cc2ccc(Cl)cc2)cc(-c2nn[nH]c2C#N)c1. The molecule has 2 aromatic carbocycles. The van der Waals surface area contributed by atoms with Crippen LogP contribution in [0.2, 0.25) is 5.02 Å². The smallest absolute Gasteiger partial charge is 0.270 e. The van der Waals surface area contributed by atoms with E-state index >= 15 is 0 Å². The maximum absolute atomic E-state index is 14.1. The molecule has 0 saturated carbocycles. The molecule has 0 spiro atoms. The van der Waals surface area contributed by atoms with E-state index in [2.05, 4.69) is 20.4 Å². The van der Waals surface area contributed by atoms with Gasteiger partial charge in [0.25, 0.3) is 5.92 Å². The minimum atomic E-state index is -3.11. The second-order valence-corrected chi connectivity index (χ2v) is 7.60. The molecule has 4 rings (SSSR count). The van der Waals surface area contributed by atoms with Gasteiger partial charge in [0.15, 0.2) is 5.69 Å². The van der Waals surface area contributed by atoms with Crippen molar-refractivity contribution in [3.8, 4) is 23.1 Å². The number of hydrogen-bond donors (Lipinski definition) is 1. The number of nitriles is 1. The molecule has 10 heteroatoms. The lowest BCUT2D eigenvalue weighted by Gasteiger charge is -2.15. The number of benzene rings is 2. The lowest BCUT2D eigenvalue weighted by atomic mass is 10.0. The summed E-state index contributed by atoms with van der Waals surface area (Å²) in [6.45, 7) is 1.41. The van der Waals surface area contributed by atoms with Crippen LogP contribution in [0.3, 0.4) is 0 Å². The predicted octanol–water partition coefficient (Wildman–Crippen LogP) is 4.93. The maximum Gasteiger partial charge on any atom is 0.270 e. The van der Waals surface area contributed by atoms with Gasteiger partial charge in [-0.1, -0.05) is 28.9 Å². The van der Waals surface area contributed by atoms with E-state index < -0.39 is 5.92 Å². The van der Waals surface area contributed by atoms with E-state index in [1.54, 1.807) is 24.4 Å². The second-order valence-electron chi connectivity index (χ2n) is 7.17. The molecule has 0 unspecified atom stereocenters. The average Bonchev–Trinajstić information content (AvgIpc) is 3.42. The number of aromatic amines is 1. The fraction of sp³-hybridized carbons (Fsp3) is 0.182. The van der Waals surface area contributed by atoms with Gasteiger partial charge in [-0.05, 0) is 35.9 Å². The first-order valence-corrected chi connectivity index (χ1v) is 9.93. The Morgan fingerprint density at radius 3 is 2.72 bits per heavy atom. The zero-order valence-electron chi connectivity index (χ0n) is 16.9. The zero-order chi connectivity index (χ0) is 22.7. The van der Waals surface area contributed by atoms with Crippen molar-refractivity contribution in [3.05, 3.63) is 82.5 Å². The highest BCUT2D eigenvalue weighted by Crippen LogP contribution is 2.34. The van der Waals surface area contributed by atoms with Crippen molar-refractivity contribution in [2.75, 3.05) is 0 Å². The third-order valence-corrected chi connectivity index (χ3v) is 5.04. The summed E-state index contributed by atoms with van der Waals surface area (Å²) < 4.78 is 35.9. The molecule has 0 atom stereocenters. The lowest BCUT2D eigenvalue weighted by Crippen LogP contribution is -2.10. The maximum atomic E-state index is 14.1. The number of ether oxygens (including phenoxy) is 1. The van der Waals surface area contributed by atoms with Crippen LogP contribution in [0.25, 0.3) is 11.3 Å². The minimum absolute atomic E-state index is 0.0582. The molecule has 4 aromatic rings. The van der Waals surface area contributed by atoms with Crippen molar-refractivity contribution in [1.82, 2.24) is 25.0 Å². The number of rotatable bonds is 7. The van der Waals surface area contributed by atoms with Crippen LogP contribution in [0.15, 0.2) is 54.9 Å². The first kappa shape index (κ1) is 21.5. The van der Waals surface area contributed by atoms with Crippen molar-refractivity contribution >= 4 is 11.6 Å². The standard InChI is InChI=1S/C22H17ClF2N6O/c1-22(24,25)16-8-15(21-19(11-26)28-30-29-21)9-18(10-16)32-13-20-27-6-7-31(20)12-14-2-4-17(23)5-3-14/h2-10H,12-13H2,1H3,(H,28,29,30). The van der Waals surface area contributed by atoms with Gasteiger partial charge in [0, 0.05) is 42.0 Å². The van der Waals surface area contributed by atoms with Crippen LogP contribution in [0.4, 0.5) is 8.78 Å². The van der Waals surface area contributed by atoms with Crippen molar-refractivity contribution in [2.45, 2.75) is 26.0 Å². The normalized spacial score (nSPS) is 11.3. The Balaban J connectivity index is 1.59. The van der Waals surface area contributed by atoms with E-state index in [0.717, 1.165) is 12.5 Å². The molecule has 0 saturated heterocycles. The quantitative estimate of drug-likeness (QED) is 0.427. The number of hydrogen-bond acceptors (Lipinski definition) is 5. The molecule has 2 heterocycles. The van der Waals surface area contributed by atoms with E-state index in [0.29, 0.717) is 23.0 Å². The summed E-state index contributed by atoms with van der Waals surface area (Å²) in [5, 5.41) is 19.7. The van der Waals surface area contributed by atoms with Gasteiger partial charge in [-0.15, -0.1) is 5.10 Å². The van der Waals surface area contributed by atoms with E-state index in [4.69, 9.17) is 16.3 Å². The van der Waals surface area contributed by atoms with Gasteiger partial charge in [-0.25, -0.2) is 18.9 Å². The highest BCUT2D eigenvalue weighted by atomic mass is 35.5. The molecule has 0 aliphatic rings. The van der Waals surface area contributed by atoms with Gasteiger partial charge in [-0.2, -0.15) is 5.26 Å². The van der Waals surface area contributed by atoms with Crippen LogP contribution in [-0.2, 0) is 19.1 Å². The van der Waals surface area contributed by atoms with Crippen molar-refractivity contribution in [3.63, 3.8) is 0 Å². The molecule has 7 nitrogen and oxygen atoms in total. The fourth-order valence-corrected chi connectivity index (χ4v) is 3.27. The molecule has 32 heavy (non-hydrogen) atoms. The van der Waals surface area contributed by atoms with E-state index in [9.17, 15) is 14.0 Å². The van der Waals surface area contributed by atoms with Gasteiger partial charge in [0.1, 0.15) is 29.9 Å². The van der Waals surface area contributed by atoms with Gasteiger partial charge in [-0.3, -0.25) is 0 Å². The Hall–Kier alpha value is -3.77. The number of H-pyrrole nitrogens is 1. The number of nitrogens with one attached hydrogen (secondary N) is 1. The first-order chi connectivity index (χ1) is 15.3. The average molecular weight is 455 g/mol. The molecular formula is C22H17ClF2N6O. The topological polar surface area (TPSA) is 92.4 Å². The van der Waals surface area contributed by atoms with Crippen LogP contribution in [0.5, 0.6) is 5.75 Å². The number of halogens is 3. The number of nitrogens with zero attached hydrogens (tertiary/aromatic N) is 5. The molecule has 0 bridgehead atoms. The molecule has 0 amide bonds. The Kier molecular flexibility index (Phi) is 5.88. The molecule has 0 fully saturated rings. The first-order valence-electron chi connectivity index (χ1n) is 9.55. The molecule has 0 aliphatic carbocycles. The summed E-state index contributed by atoms with van der Waals surface area (Å²) in [5.74, 6) is -2.29. The molecule has 162 valence electrons. The summed E-state index contributed by atoms with van der Waals surface area (Å²) in [5.41, 5.74) is 1.31. The van der Waals surface area contributed by atoms with Crippen LogP contribution < -0.4 is 4.74 Å². The Bertz CT molecular complexity index is 1270. The molecule has 0 radical (unpaired) electrons. The van der Waals surface area contributed by atoms with E-state index in [-0.39, 0.29) is 29.3 Å². The van der Waals surface area contributed by atoms with Gasteiger partial charge in [0.2, 0.25) is 0 Å². The van der Waals surface area contributed by atoms with E-state index in [1.807, 2.05) is 29.0 Å². The van der Waals surface area contributed by atoms with Crippen molar-refractivity contribution < 1.29 is 13.5 Å².